The third-order valence-corrected chi connectivity index (χ3v) is 4.26. The van der Waals surface area contributed by atoms with Crippen molar-refractivity contribution in [2.45, 2.75) is 25.9 Å². The number of amides is 1. The van der Waals surface area contributed by atoms with Crippen molar-refractivity contribution >= 4 is 16.9 Å². The first-order valence-corrected chi connectivity index (χ1v) is 7.13. The maximum absolute atomic E-state index is 12.5. The highest BCUT2D eigenvalue weighted by Crippen LogP contribution is 2.29. The molecule has 2 aromatic rings. The summed E-state index contributed by atoms with van der Waals surface area (Å²) in [5.41, 5.74) is 6.12. The molecule has 3 unspecified atom stereocenters. The van der Waals surface area contributed by atoms with Crippen molar-refractivity contribution in [2.75, 3.05) is 13.2 Å². The van der Waals surface area contributed by atoms with Crippen molar-refractivity contribution in [3.8, 4) is 0 Å². The third-order valence-electron chi connectivity index (χ3n) is 4.26. The second kappa shape index (κ2) is 5.16. The predicted molar refractivity (Wildman–Crippen MR) is 79.7 cm³/mol. The smallest absolute Gasteiger partial charge is 0.230 e. The number of para-hydroxylation sites is 1. The summed E-state index contributed by atoms with van der Waals surface area (Å²) in [6.07, 6.45) is 0. The number of rotatable bonds is 3. The number of ether oxygens (including phenoxy) is 1. The average Bonchev–Trinajstić information content (AvgIpc) is 3.04. The number of benzene rings is 1. The van der Waals surface area contributed by atoms with E-state index >= 15 is 0 Å². The lowest BCUT2D eigenvalue weighted by Crippen LogP contribution is -2.50. The van der Waals surface area contributed by atoms with Gasteiger partial charge in [0.1, 0.15) is 11.3 Å². The van der Waals surface area contributed by atoms with Crippen LogP contribution >= 0.6 is 0 Å². The van der Waals surface area contributed by atoms with Crippen LogP contribution in [0.3, 0.4) is 0 Å². The van der Waals surface area contributed by atoms with Crippen LogP contribution in [-0.2, 0) is 9.53 Å². The number of nitrogens with one attached hydrogen (secondary N) is 1. The lowest BCUT2D eigenvalue weighted by Gasteiger charge is -2.27. The van der Waals surface area contributed by atoms with Crippen LogP contribution in [0, 0.1) is 5.41 Å². The van der Waals surface area contributed by atoms with Crippen molar-refractivity contribution in [2.24, 2.45) is 11.1 Å². The van der Waals surface area contributed by atoms with Crippen LogP contribution in [0.15, 0.2) is 34.7 Å². The molecule has 2 heterocycles. The van der Waals surface area contributed by atoms with Crippen LogP contribution in [0.4, 0.5) is 0 Å². The monoisotopic (exact) mass is 288 g/mol. The summed E-state index contributed by atoms with van der Waals surface area (Å²) in [5.74, 6) is 0.640. The second-order valence-corrected chi connectivity index (χ2v) is 5.92. The van der Waals surface area contributed by atoms with Crippen molar-refractivity contribution in [3.05, 3.63) is 36.1 Å². The van der Waals surface area contributed by atoms with Gasteiger partial charge in [-0.05, 0) is 26.0 Å². The van der Waals surface area contributed by atoms with E-state index in [1.54, 1.807) is 0 Å². The Bertz CT molecular complexity index is 633. The highest BCUT2D eigenvalue weighted by molar-refractivity contribution is 5.84. The Balaban J connectivity index is 1.76. The molecular formula is C16H20N2O3. The number of hydrogen-bond donors (Lipinski definition) is 2. The lowest BCUT2D eigenvalue weighted by molar-refractivity contribution is -0.131. The van der Waals surface area contributed by atoms with E-state index in [9.17, 15) is 4.79 Å². The number of nitrogens with two attached hydrogens (primary N) is 1. The van der Waals surface area contributed by atoms with Crippen LogP contribution in [0.1, 0.15) is 25.6 Å². The minimum atomic E-state index is -0.680. The fourth-order valence-corrected chi connectivity index (χ4v) is 2.57. The molecule has 1 aliphatic heterocycles. The van der Waals surface area contributed by atoms with Crippen LogP contribution < -0.4 is 11.1 Å². The van der Waals surface area contributed by atoms with Gasteiger partial charge < -0.3 is 20.2 Å². The lowest BCUT2D eigenvalue weighted by atomic mass is 9.84. The predicted octanol–water partition coefficient (Wildman–Crippen LogP) is 1.97. The summed E-state index contributed by atoms with van der Waals surface area (Å²) < 4.78 is 11.1. The molecule has 0 saturated carbocycles. The Morgan fingerprint density at radius 3 is 2.90 bits per heavy atom. The zero-order valence-corrected chi connectivity index (χ0v) is 12.3. The molecule has 1 amide bonds. The maximum atomic E-state index is 12.5. The maximum Gasteiger partial charge on any atom is 0.230 e. The summed E-state index contributed by atoms with van der Waals surface area (Å²) in [4.78, 5) is 12.5. The minimum Gasteiger partial charge on any atom is -0.459 e. The molecule has 3 atom stereocenters. The molecule has 3 rings (SSSR count). The molecule has 0 aliphatic carbocycles. The van der Waals surface area contributed by atoms with Crippen LogP contribution in [0.5, 0.6) is 0 Å². The van der Waals surface area contributed by atoms with E-state index in [1.165, 1.54) is 0 Å². The molecule has 5 nitrogen and oxygen atoms in total. The van der Waals surface area contributed by atoms with Crippen molar-refractivity contribution in [1.29, 1.82) is 0 Å². The largest absolute Gasteiger partial charge is 0.459 e. The topological polar surface area (TPSA) is 77.5 Å². The Morgan fingerprint density at radius 2 is 2.24 bits per heavy atom. The van der Waals surface area contributed by atoms with Crippen LogP contribution in [-0.4, -0.2) is 25.2 Å². The first kappa shape index (κ1) is 14.1. The van der Waals surface area contributed by atoms with Crippen LogP contribution in [0.2, 0.25) is 0 Å². The number of carbonyl (C=O) groups excluding carboxylic acids is 1. The molecule has 21 heavy (non-hydrogen) atoms. The van der Waals surface area contributed by atoms with Gasteiger partial charge in [-0.3, -0.25) is 4.79 Å². The van der Waals surface area contributed by atoms with E-state index in [1.807, 2.05) is 44.2 Å². The minimum absolute atomic E-state index is 0.0968. The fourth-order valence-electron chi connectivity index (χ4n) is 2.57. The van der Waals surface area contributed by atoms with E-state index in [0.717, 1.165) is 16.7 Å². The van der Waals surface area contributed by atoms with Gasteiger partial charge in [0.25, 0.3) is 0 Å². The summed E-state index contributed by atoms with van der Waals surface area (Å²) in [7, 11) is 0. The number of fused-ring (bicyclic) bond motifs is 1. The van der Waals surface area contributed by atoms with Crippen molar-refractivity contribution in [3.63, 3.8) is 0 Å². The molecule has 1 fully saturated rings. The standard InChI is InChI=1S/C16H20N2O3/c1-10(13-7-11-5-3-4-6-12(11)21-13)18-15(19)16(2)9-20-8-14(16)17/h3-7,10,14H,8-9,17H2,1-2H3,(H,18,19). The molecular weight excluding hydrogens is 268 g/mol. The molecule has 0 spiro atoms. The molecule has 0 bridgehead atoms. The van der Waals surface area contributed by atoms with E-state index < -0.39 is 5.41 Å². The Kier molecular flexibility index (Phi) is 3.47. The second-order valence-electron chi connectivity index (χ2n) is 5.92. The zero-order chi connectivity index (χ0) is 15.0. The molecule has 3 N–H and O–H groups in total. The van der Waals surface area contributed by atoms with Gasteiger partial charge in [0.2, 0.25) is 5.91 Å². The van der Waals surface area contributed by atoms with Gasteiger partial charge in [-0.1, -0.05) is 18.2 Å². The zero-order valence-electron chi connectivity index (χ0n) is 12.3. The number of hydrogen-bond acceptors (Lipinski definition) is 4. The number of furan rings is 1. The Labute approximate surface area is 123 Å². The molecule has 1 saturated heterocycles. The van der Waals surface area contributed by atoms with E-state index in [-0.39, 0.29) is 18.0 Å². The Hall–Kier alpha value is -1.85. The SMILES string of the molecule is CC(NC(=O)C1(C)COCC1N)c1cc2ccccc2o1. The number of carbonyl (C=O) groups is 1. The highest BCUT2D eigenvalue weighted by atomic mass is 16.5. The fraction of sp³-hybridized carbons (Fsp3) is 0.438. The quantitative estimate of drug-likeness (QED) is 0.905. The van der Waals surface area contributed by atoms with E-state index in [4.69, 9.17) is 14.9 Å². The highest BCUT2D eigenvalue weighted by Gasteiger charge is 2.44. The normalized spacial score (nSPS) is 26.9. The molecule has 1 aromatic carbocycles. The van der Waals surface area contributed by atoms with Crippen molar-refractivity contribution < 1.29 is 13.9 Å². The van der Waals surface area contributed by atoms with Gasteiger partial charge in [-0.2, -0.15) is 0 Å². The molecule has 112 valence electrons. The van der Waals surface area contributed by atoms with Gasteiger partial charge in [0.05, 0.1) is 24.7 Å². The molecule has 0 radical (unpaired) electrons. The molecule has 1 aliphatic rings. The van der Waals surface area contributed by atoms with Gasteiger partial charge in [-0.25, -0.2) is 0 Å². The summed E-state index contributed by atoms with van der Waals surface area (Å²) in [6.45, 7) is 4.52. The van der Waals surface area contributed by atoms with Gasteiger partial charge in [0, 0.05) is 11.4 Å². The Morgan fingerprint density at radius 1 is 1.48 bits per heavy atom. The first-order valence-electron chi connectivity index (χ1n) is 7.13. The van der Waals surface area contributed by atoms with Gasteiger partial charge in [0.15, 0.2) is 0 Å². The van der Waals surface area contributed by atoms with E-state index in [2.05, 4.69) is 5.32 Å². The summed E-state index contributed by atoms with van der Waals surface area (Å²) in [6, 6.07) is 9.24. The summed E-state index contributed by atoms with van der Waals surface area (Å²) >= 11 is 0. The van der Waals surface area contributed by atoms with Crippen LogP contribution in [0.25, 0.3) is 11.0 Å². The van der Waals surface area contributed by atoms with Crippen molar-refractivity contribution in [1.82, 2.24) is 5.32 Å². The van der Waals surface area contributed by atoms with Gasteiger partial charge >= 0.3 is 0 Å². The first-order chi connectivity index (χ1) is 10.0. The van der Waals surface area contributed by atoms with Gasteiger partial charge in [-0.15, -0.1) is 0 Å². The molecule has 1 aromatic heterocycles. The third kappa shape index (κ3) is 2.43. The summed E-state index contributed by atoms with van der Waals surface area (Å²) in [5, 5.41) is 4.01. The average molecular weight is 288 g/mol. The van der Waals surface area contributed by atoms with E-state index in [0.29, 0.717) is 13.2 Å². The molecule has 5 heteroatoms.